The van der Waals surface area contributed by atoms with Crippen LogP contribution in [0.2, 0.25) is 0 Å². The normalized spacial score (nSPS) is 11.0. The Balaban J connectivity index is 0.00000312. The Morgan fingerprint density at radius 2 is 1.92 bits per heavy atom. The van der Waals surface area contributed by atoms with Crippen molar-refractivity contribution >= 4 is 41.3 Å². The molecule has 138 valence electrons. The van der Waals surface area contributed by atoms with E-state index in [9.17, 15) is 0 Å². The van der Waals surface area contributed by atoms with Crippen LogP contribution < -0.4 is 15.4 Å². The summed E-state index contributed by atoms with van der Waals surface area (Å²) in [5.74, 6) is 1.68. The van der Waals surface area contributed by atoms with Crippen LogP contribution in [0, 0.1) is 20.8 Å². The van der Waals surface area contributed by atoms with Crippen molar-refractivity contribution < 1.29 is 4.74 Å². The third kappa shape index (κ3) is 6.47. The molecule has 0 atom stereocenters. The number of aryl methyl sites for hydroxylation is 3. The fourth-order valence-electron chi connectivity index (χ4n) is 2.27. The molecular weight excluding hydrogens is 447 g/mol. The van der Waals surface area contributed by atoms with Crippen LogP contribution in [0.25, 0.3) is 0 Å². The Bertz CT molecular complexity index is 696. The molecule has 1 aromatic carbocycles. The zero-order chi connectivity index (χ0) is 17.5. The van der Waals surface area contributed by atoms with Crippen LogP contribution in [0.15, 0.2) is 23.2 Å². The third-order valence-electron chi connectivity index (χ3n) is 3.67. The van der Waals surface area contributed by atoms with Gasteiger partial charge in [0.25, 0.3) is 0 Å². The van der Waals surface area contributed by atoms with Gasteiger partial charge in [-0.1, -0.05) is 12.1 Å². The van der Waals surface area contributed by atoms with Crippen LogP contribution in [0.4, 0.5) is 0 Å². The minimum absolute atomic E-state index is 0. The summed E-state index contributed by atoms with van der Waals surface area (Å²) in [4.78, 5) is 10.1. The summed E-state index contributed by atoms with van der Waals surface area (Å²) in [7, 11) is 1.77. The molecule has 0 unspecified atom stereocenters. The first-order valence-electron chi connectivity index (χ1n) is 8.13. The van der Waals surface area contributed by atoms with Crippen molar-refractivity contribution in [1.82, 2.24) is 15.6 Å². The molecule has 5 nitrogen and oxygen atoms in total. The van der Waals surface area contributed by atoms with E-state index >= 15 is 0 Å². The van der Waals surface area contributed by atoms with Gasteiger partial charge >= 0.3 is 0 Å². The summed E-state index contributed by atoms with van der Waals surface area (Å²) < 4.78 is 5.72. The molecule has 2 rings (SSSR count). The lowest BCUT2D eigenvalue weighted by Crippen LogP contribution is -2.36. The molecule has 25 heavy (non-hydrogen) atoms. The number of aliphatic imine (C=N–C) groups is 1. The topological polar surface area (TPSA) is 58.5 Å². The second-order valence-electron chi connectivity index (χ2n) is 5.57. The van der Waals surface area contributed by atoms with E-state index in [0.717, 1.165) is 28.0 Å². The molecule has 0 saturated heterocycles. The molecule has 0 amide bonds. The zero-order valence-corrected chi connectivity index (χ0v) is 18.6. The minimum Gasteiger partial charge on any atom is -0.494 e. The number of rotatable bonds is 6. The maximum atomic E-state index is 5.72. The minimum atomic E-state index is 0. The first-order valence-corrected chi connectivity index (χ1v) is 8.94. The summed E-state index contributed by atoms with van der Waals surface area (Å²) >= 11 is 1.72. The van der Waals surface area contributed by atoms with Gasteiger partial charge in [0.1, 0.15) is 10.8 Å². The van der Waals surface area contributed by atoms with Crippen LogP contribution in [0.5, 0.6) is 5.75 Å². The number of halogens is 1. The molecule has 2 N–H and O–H groups in total. The number of guanidine groups is 1. The van der Waals surface area contributed by atoms with Crippen LogP contribution in [-0.4, -0.2) is 24.6 Å². The molecule has 0 bridgehead atoms. The van der Waals surface area contributed by atoms with Gasteiger partial charge in [0.2, 0.25) is 0 Å². The lowest BCUT2D eigenvalue weighted by molar-refractivity contribution is 0.336. The predicted octanol–water partition coefficient (Wildman–Crippen LogP) is 3.95. The molecule has 0 aliphatic rings. The average Bonchev–Trinajstić information content (AvgIpc) is 2.88. The molecule has 0 fully saturated rings. The number of aromatic nitrogens is 1. The molecule has 2 aromatic rings. The highest BCUT2D eigenvalue weighted by atomic mass is 127. The zero-order valence-electron chi connectivity index (χ0n) is 15.5. The summed E-state index contributed by atoms with van der Waals surface area (Å²) in [6.07, 6.45) is 0. The van der Waals surface area contributed by atoms with Gasteiger partial charge < -0.3 is 15.4 Å². The summed E-state index contributed by atoms with van der Waals surface area (Å²) in [6.45, 7) is 10.2. The average molecular weight is 474 g/mol. The SMILES string of the molecule is CCOc1cc(C)ccc1CNC(=NC)NCc1nc(C)c(C)s1.I. The van der Waals surface area contributed by atoms with E-state index < -0.39 is 0 Å². The number of thiazole rings is 1. The molecule has 0 spiro atoms. The van der Waals surface area contributed by atoms with Crippen molar-refractivity contribution in [3.05, 3.63) is 44.9 Å². The van der Waals surface area contributed by atoms with Gasteiger partial charge in [0.05, 0.1) is 18.8 Å². The maximum Gasteiger partial charge on any atom is 0.191 e. The van der Waals surface area contributed by atoms with Gasteiger partial charge in [-0.15, -0.1) is 35.3 Å². The highest BCUT2D eigenvalue weighted by molar-refractivity contribution is 14.0. The summed E-state index contributed by atoms with van der Waals surface area (Å²) in [5.41, 5.74) is 3.41. The van der Waals surface area contributed by atoms with Crippen molar-refractivity contribution in [3.8, 4) is 5.75 Å². The number of benzene rings is 1. The van der Waals surface area contributed by atoms with Crippen LogP contribution in [-0.2, 0) is 13.1 Å². The van der Waals surface area contributed by atoms with Crippen molar-refractivity contribution in [3.63, 3.8) is 0 Å². The Morgan fingerprint density at radius 1 is 1.20 bits per heavy atom. The maximum absolute atomic E-state index is 5.72. The first kappa shape index (κ1) is 21.7. The van der Waals surface area contributed by atoms with Gasteiger partial charge in [0, 0.05) is 24.0 Å². The summed E-state index contributed by atoms with van der Waals surface area (Å²) in [6, 6.07) is 6.25. The smallest absolute Gasteiger partial charge is 0.191 e. The van der Waals surface area contributed by atoms with Crippen molar-refractivity contribution in [2.24, 2.45) is 4.99 Å². The third-order valence-corrected chi connectivity index (χ3v) is 4.75. The van der Waals surface area contributed by atoms with E-state index in [1.807, 2.05) is 13.8 Å². The quantitative estimate of drug-likeness (QED) is 0.378. The monoisotopic (exact) mass is 474 g/mol. The molecule has 1 aromatic heterocycles. The lowest BCUT2D eigenvalue weighted by Gasteiger charge is -2.14. The first-order chi connectivity index (χ1) is 11.5. The van der Waals surface area contributed by atoms with Gasteiger partial charge in [-0.25, -0.2) is 4.98 Å². The summed E-state index contributed by atoms with van der Waals surface area (Å²) in [5, 5.41) is 7.70. The van der Waals surface area contributed by atoms with E-state index in [4.69, 9.17) is 4.74 Å². The Hall–Kier alpha value is -1.35. The van der Waals surface area contributed by atoms with Crippen molar-refractivity contribution in [2.75, 3.05) is 13.7 Å². The molecule has 0 radical (unpaired) electrons. The Kier molecular flexibility index (Phi) is 9.20. The highest BCUT2D eigenvalue weighted by Gasteiger charge is 2.07. The Morgan fingerprint density at radius 3 is 2.52 bits per heavy atom. The number of hydrogen-bond acceptors (Lipinski definition) is 4. The fraction of sp³-hybridized carbons (Fsp3) is 0.444. The molecule has 7 heteroatoms. The highest BCUT2D eigenvalue weighted by Crippen LogP contribution is 2.20. The number of nitrogens with one attached hydrogen (secondary N) is 2. The predicted molar refractivity (Wildman–Crippen MR) is 116 cm³/mol. The molecular formula is C18H27IN4OS. The second kappa shape index (κ2) is 10.6. The van der Waals surface area contributed by atoms with Crippen LogP contribution >= 0.6 is 35.3 Å². The number of hydrogen-bond donors (Lipinski definition) is 2. The van der Waals surface area contributed by atoms with E-state index in [-0.39, 0.29) is 24.0 Å². The van der Waals surface area contributed by atoms with Crippen LogP contribution in [0.1, 0.15) is 33.6 Å². The lowest BCUT2D eigenvalue weighted by atomic mass is 10.1. The fourth-order valence-corrected chi connectivity index (χ4v) is 3.15. The molecule has 0 saturated carbocycles. The van der Waals surface area contributed by atoms with Gasteiger partial charge in [-0.05, 0) is 39.3 Å². The van der Waals surface area contributed by atoms with E-state index in [1.165, 1.54) is 10.4 Å². The van der Waals surface area contributed by atoms with Gasteiger partial charge in [-0.2, -0.15) is 0 Å². The van der Waals surface area contributed by atoms with Gasteiger partial charge in [-0.3, -0.25) is 4.99 Å². The number of nitrogens with zero attached hydrogens (tertiary/aromatic N) is 2. The van der Waals surface area contributed by atoms with Gasteiger partial charge in [0.15, 0.2) is 5.96 Å². The van der Waals surface area contributed by atoms with E-state index in [2.05, 4.69) is 52.7 Å². The Labute approximate surface area is 171 Å². The van der Waals surface area contributed by atoms with E-state index in [0.29, 0.717) is 19.7 Å². The number of ether oxygens (including phenoxy) is 1. The second-order valence-corrected chi connectivity index (χ2v) is 6.86. The van der Waals surface area contributed by atoms with Crippen LogP contribution in [0.3, 0.4) is 0 Å². The van der Waals surface area contributed by atoms with E-state index in [1.54, 1.807) is 18.4 Å². The molecule has 0 aliphatic heterocycles. The van der Waals surface area contributed by atoms with Crippen molar-refractivity contribution in [1.29, 1.82) is 0 Å². The molecule has 1 heterocycles. The molecule has 0 aliphatic carbocycles. The largest absolute Gasteiger partial charge is 0.494 e. The van der Waals surface area contributed by atoms with Crippen molar-refractivity contribution in [2.45, 2.75) is 40.8 Å². The standard InChI is InChI=1S/C18H26N4OS.HI/c1-6-23-16-9-12(2)7-8-15(16)10-20-18(19-5)21-11-17-22-13(3)14(4)24-17;/h7-9H,6,10-11H2,1-5H3,(H2,19,20,21);1H.